The molecule has 0 atom stereocenters. The number of ether oxygens (including phenoxy) is 1. The second-order valence-electron chi connectivity index (χ2n) is 8.46. The molecule has 7 nitrogen and oxygen atoms in total. The van der Waals surface area contributed by atoms with E-state index in [0.717, 1.165) is 61.1 Å². The molecule has 1 N–H and O–H groups in total. The molecule has 2 aromatic heterocycles. The van der Waals surface area contributed by atoms with E-state index >= 15 is 0 Å². The summed E-state index contributed by atoms with van der Waals surface area (Å²) in [5.74, 6) is 2.96. The third kappa shape index (κ3) is 6.29. The molecular weight excluding hydrogens is 414 g/mol. The molecule has 1 fully saturated rings. The summed E-state index contributed by atoms with van der Waals surface area (Å²) in [5, 5.41) is 3.26. The molecule has 0 radical (unpaired) electrons. The Morgan fingerprint density at radius 1 is 1.06 bits per heavy atom. The van der Waals surface area contributed by atoms with E-state index in [2.05, 4.69) is 21.3 Å². The standard InChI is InChI=1S/C26H31N5O2/c1-30(18-20-9-11-22(33-2)12-10-20)19-26(32)31-16-13-21(14-17-31)23-6-5-8-25(28-23)29-24-7-3-4-15-27-24/h3-12,15,21H,13-14,16-19H2,1-2H3,(H,27,28,29). The number of rotatable bonds is 8. The number of aromatic nitrogens is 2. The highest BCUT2D eigenvalue weighted by atomic mass is 16.5. The van der Waals surface area contributed by atoms with Gasteiger partial charge in [0.25, 0.3) is 0 Å². The van der Waals surface area contributed by atoms with Gasteiger partial charge in [0, 0.05) is 37.4 Å². The van der Waals surface area contributed by atoms with Crippen LogP contribution < -0.4 is 10.1 Å². The first-order valence-electron chi connectivity index (χ1n) is 11.3. The molecule has 172 valence electrons. The lowest BCUT2D eigenvalue weighted by molar-refractivity contribution is -0.133. The molecule has 0 saturated carbocycles. The Kier molecular flexibility index (Phi) is 7.52. The molecule has 1 aromatic carbocycles. The SMILES string of the molecule is COc1ccc(CN(C)CC(=O)N2CCC(c3cccc(Nc4ccccn4)n3)CC2)cc1. The Morgan fingerprint density at radius 2 is 1.82 bits per heavy atom. The third-order valence-corrected chi connectivity index (χ3v) is 5.97. The van der Waals surface area contributed by atoms with E-state index in [9.17, 15) is 4.79 Å². The second-order valence-corrected chi connectivity index (χ2v) is 8.46. The van der Waals surface area contributed by atoms with E-state index in [-0.39, 0.29) is 5.91 Å². The van der Waals surface area contributed by atoms with Crippen molar-refractivity contribution in [2.75, 3.05) is 39.1 Å². The molecule has 1 amide bonds. The summed E-state index contributed by atoms with van der Waals surface area (Å²) in [5.41, 5.74) is 2.23. The summed E-state index contributed by atoms with van der Waals surface area (Å²) in [4.78, 5) is 26.0. The predicted molar refractivity (Wildman–Crippen MR) is 130 cm³/mol. The van der Waals surface area contributed by atoms with Crippen LogP contribution in [0.1, 0.15) is 30.0 Å². The van der Waals surface area contributed by atoms with Crippen LogP contribution in [-0.4, -0.2) is 59.5 Å². The summed E-state index contributed by atoms with van der Waals surface area (Å²) >= 11 is 0. The Bertz CT molecular complexity index is 1030. The molecule has 1 aliphatic rings. The van der Waals surface area contributed by atoms with Crippen LogP contribution in [0.15, 0.2) is 66.9 Å². The molecule has 1 saturated heterocycles. The molecule has 3 heterocycles. The van der Waals surface area contributed by atoms with Crippen molar-refractivity contribution in [2.45, 2.75) is 25.3 Å². The molecule has 0 bridgehead atoms. The zero-order valence-corrected chi connectivity index (χ0v) is 19.3. The van der Waals surface area contributed by atoms with Gasteiger partial charge in [-0.1, -0.05) is 24.3 Å². The predicted octanol–water partition coefficient (Wildman–Crippen LogP) is 4.07. The lowest BCUT2D eigenvalue weighted by atomic mass is 9.93. The van der Waals surface area contributed by atoms with Crippen LogP contribution in [0, 0.1) is 0 Å². The smallest absolute Gasteiger partial charge is 0.236 e. The van der Waals surface area contributed by atoms with Gasteiger partial charge < -0.3 is 15.0 Å². The zero-order chi connectivity index (χ0) is 23.0. The highest BCUT2D eigenvalue weighted by Crippen LogP contribution is 2.28. The zero-order valence-electron chi connectivity index (χ0n) is 19.3. The number of nitrogens with one attached hydrogen (secondary N) is 1. The van der Waals surface area contributed by atoms with Gasteiger partial charge in [0.1, 0.15) is 17.4 Å². The minimum absolute atomic E-state index is 0.183. The minimum atomic E-state index is 0.183. The van der Waals surface area contributed by atoms with Crippen molar-refractivity contribution < 1.29 is 9.53 Å². The highest BCUT2D eigenvalue weighted by molar-refractivity contribution is 5.78. The lowest BCUT2D eigenvalue weighted by Crippen LogP contribution is -2.43. The maximum absolute atomic E-state index is 12.8. The first-order valence-corrected chi connectivity index (χ1v) is 11.3. The summed E-state index contributed by atoms with van der Waals surface area (Å²) in [6.45, 7) is 2.67. The second kappa shape index (κ2) is 10.9. The molecule has 1 aliphatic heterocycles. The highest BCUT2D eigenvalue weighted by Gasteiger charge is 2.25. The van der Waals surface area contributed by atoms with Crippen LogP contribution in [0.5, 0.6) is 5.75 Å². The first-order chi connectivity index (χ1) is 16.1. The van der Waals surface area contributed by atoms with Crippen molar-refractivity contribution in [3.05, 3.63) is 78.1 Å². The van der Waals surface area contributed by atoms with Crippen LogP contribution in [0.3, 0.4) is 0 Å². The van der Waals surface area contributed by atoms with Gasteiger partial charge in [0.2, 0.25) is 5.91 Å². The van der Waals surface area contributed by atoms with Gasteiger partial charge in [-0.3, -0.25) is 9.69 Å². The maximum Gasteiger partial charge on any atom is 0.236 e. The van der Waals surface area contributed by atoms with Crippen LogP contribution in [0.2, 0.25) is 0 Å². The molecule has 7 heteroatoms. The monoisotopic (exact) mass is 445 g/mol. The van der Waals surface area contributed by atoms with Gasteiger partial charge in [-0.25, -0.2) is 9.97 Å². The number of piperidine rings is 1. The van der Waals surface area contributed by atoms with E-state index in [1.54, 1.807) is 13.3 Å². The van der Waals surface area contributed by atoms with E-state index in [4.69, 9.17) is 9.72 Å². The van der Waals surface area contributed by atoms with Crippen molar-refractivity contribution in [1.82, 2.24) is 19.8 Å². The Morgan fingerprint density at radius 3 is 2.52 bits per heavy atom. The number of methoxy groups -OCH3 is 1. The quantitative estimate of drug-likeness (QED) is 0.564. The van der Waals surface area contributed by atoms with Gasteiger partial charge >= 0.3 is 0 Å². The van der Waals surface area contributed by atoms with Gasteiger partial charge in [-0.05, 0) is 61.9 Å². The van der Waals surface area contributed by atoms with E-state index in [1.165, 1.54) is 0 Å². The molecule has 33 heavy (non-hydrogen) atoms. The topological polar surface area (TPSA) is 70.6 Å². The average molecular weight is 446 g/mol. The summed E-state index contributed by atoms with van der Waals surface area (Å²) in [6, 6.07) is 19.8. The van der Waals surface area contributed by atoms with E-state index in [1.807, 2.05) is 66.5 Å². The summed E-state index contributed by atoms with van der Waals surface area (Å²) in [7, 11) is 3.65. The number of pyridine rings is 2. The fourth-order valence-electron chi connectivity index (χ4n) is 4.17. The normalized spacial score (nSPS) is 14.3. The van der Waals surface area contributed by atoms with E-state index < -0.39 is 0 Å². The van der Waals surface area contributed by atoms with Gasteiger partial charge in [-0.2, -0.15) is 0 Å². The lowest BCUT2D eigenvalue weighted by Gasteiger charge is -2.33. The molecule has 0 unspecified atom stereocenters. The van der Waals surface area contributed by atoms with E-state index in [0.29, 0.717) is 12.5 Å². The average Bonchev–Trinajstić information content (AvgIpc) is 2.85. The number of likely N-dealkylation sites (tertiary alicyclic amines) is 1. The van der Waals surface area contributed by atoms with Crippen molar-refractivity contribution in [1.29, 1.82) is 0 Å². The van der Waals surface area contributed by atoms with Crippen LogP contribution in [0.4, 0.5) is 11.6 Å². The number of nitrogens with zero attached hydrogens (tertiary/aromatic N) is 4. The molecule has 3 aromatic rings. The maximum atomic E-state index is 12.8. The van der Waals surface area contributed by atoms with Crippen molar-refractivity contribution in [3.63, 3.8) is 0 Å². The number of likely N-dealkylation sites (N-methyl/N-ethyl adjacent to an activating group) is 1. The van der Waals surface area contributed by atoms with Crippen LogP contribution in [0.25, 0.3) is 0 Å². The number of carbonyl (C=O) groups excluding carboxylic acids is 1. The number of amides is 1. The number of hydrogen-bond acceptors (Lipinski definition) is 6. The Labute approximate surface area is 195 Å². The number of anilines is 2. The van der Waals surface area contributed by atoms with Gasteiger partial charge in [-0.15, -0.1) is 0 Å². The number of carbonyl (C=O) groups is 1. The number of hydrogen-bond donors (Lipinski definition) is 1. The van der Waals surface area contributed by atoms with Crippen LogP contribution in [-0.2, 0) is 11.3 Å². The first kappa shape index (κ1) is 22.7. The van der Waals surface area contributed by atoms with Crippen molar-refractivity contribution in [2.24, 2.45) is 0 Å². The largest absolute Gasteiger partial charge is 0.497 e. The summed E-state index contributed by atoms with van der Waals surface area (Å²) < 4.78 is 5.21. The van der Waals surface area contributed by atoms with Gasteiger partial charge in [0.15, 0.2) is 0 Å². The van der Waals surface area contributed by atoms with Crippen LogP contribution >= 0.6 is 0 Å². The number of benzene rings is 1. The van der Waals surface area contributed by atoms with Crippen molar-refractivity contribution >= 4 is 17.5 Å². The fraction of sp³-hybridized carbons (Fsp3) is 0.346. The Balaban J connectivity index is 1.26. The Hall–Kier alpha value is -3.45. The molecule has 0 aliphatic carbocycles. The third-order valence-electron chi connectivity index (χ3n) is 5.97. The molecule has 4 rings (SSSR count). The van der Waals surface area contributed by atoms with Crippen molar-refractivity contribution in [3.8, 4) is 5.75 Å². The summed E-state index contributed by atoms with van der Waals surface area (Å²) in [6.07, 6.45) is 3.61. The molecular formula is C26H31N5O2. The fourth-order valence-corrected chi connectivity index (χ4v) is 4.17. The van der Waals surface area contributed by atoms with Gasteiger partial charge in [0.05, 0.1) is 13.7 Å². The minimum Gasteiger partial charge on any atom is -0.497 e. The molecule has 0 spiro atoms.